The molecule has 8 nitrogen and oxygen atoms in total. The van der Waals surface area contributed by atoms with Gasteiger partial charge in [-0.2, -0.15) is 13.2 Å². The number of ether oxygens (including phenoxy) is 1. The number of halogens is 3. The molecule has 4 aromatic rings. The molecule has 5 rings (SSSR count). The van der Waals surface area contributed by atoms with Crippen LogP contribution in [-0.2, 0) is 10.9 Å². The quantitative estimate of drug-likeness (QED) is 0.419. The molecule has 2 aromatic carbocycles. The van der Waals surface area contributed by atoms with Crippen LogP contribution >= 0.6 is 0 Å². The van der Waals surface area contributed by atoms with Gasteiger partial charge in [-0.25, -0.2) is 4.68 Å². The molecule has 1 N–H and O–H groups in total. The van der Waals surface area contributed by atoms with E-state index in [4.69, 9.17) is 4.74 Å². The maximum Gasteiger partial charge on any atom is 0.416 e. The van der Waals surface area contributed by atoms with Gasteiger partial charge in [0.05, 0.1) is 30.7 Å². The maximum atomic E-state index is 13.6. The highest BCUT2D eigenvalue weighted by atomic mass is 19.4. The molecule has 0 spiro atoms. The summed E-state index contributed by atoms with van der Waals surface area (Å²) in [6.45, 7) is 3.65. The molecule has 190 valence electrons. The third-order valence-corrected chi connectivity index (χ3v) is 6.05. The van der Waals surface area contributed by atoms with E-state index in [1.807, 2.05) is 17.9 Å². The number of carbonyl (C=O) groups excluding carboxylic acids is 1. The number of rotatable bonds is 5. The normalized spacial score (nSPS) is 14.0. The molecule has 1 aliphatic heterocycles. The van der Waals surface area contributed by atoms with Crippen molar-refractivity contribution in [1.29, 1.82) is 0 Å². The fourth-order valence-corrected chi connectivity index (χ4v) is 4.08. The van der Waals surface area contributed by atoms with Crippen LogP contribution in [0, 0.1) is 6.92 Å². The van der Waals surface area contributed by atoms with Crippen LogP contribution in [0.1, 0.15) is 21.5 Å². The molecular formula is C26H23F3N6O2. The molecule has 0 atom stereocenters. The van der Waals surface area contributed by atoms with Crippen molar-refractivity contribution >= 4 is 17.3 Å². The molecule has 1 saturated heterocycles. The summed E-state index contributed by atoms with van der Waals surface area (Å²) in [4.78, 5) is 19.0. The van der Waals surface area contributed by atoms with Crippen molar-refractivity contribution in [1.82, 2.24) is 20.0 Å². The molecule has 0 saturated carbocycles. The van der Waals surface area contributed by atoms with Crippen LogP contribution < -0.4 is 10.2 Å². The van der Waals surface area contributed by atoms with Gasteiger partial charge in [0.2, 0.25) is 0 Å². The van der Waals surface area contributed by atoms with Gasteiger partial charge in [-0.15, -0.1) is 5.10 Å². The summed E-state index contributed by atoms with van der Waals surface area (Å²) in [5.74, 6) is -0.541. The average molecular weight is 509 g/mol. The number of anilines is 2. The van der Waals surface area contributed by atoms with Gasteiger partial charge in [0.1, 0.15) is 5.69 Å². The molecule has 2 aromatic heterocycles. The minimum atomic E-state index is -4.56. The Labute approximate surface area is 210 Å². The molecular weight excluding hydrogens is 485 g/mol. The molecule has 11 heteroatoms. The van der Waals surface area contributed by atoms with E-state index < -0.39 is 17.6 Å². The summed E-state index contributed by atoms with van der Waals surface area (Å²) in [6.07, 6.45) is 0.500. The van der Waals surface area contributed by atoms with E-state index in [2.05, 4.69) is 20.6 Å². The second-order valence-electron chi connectivity index (χ2n) is 8.61. The lowest BCUT2D eigenvalue weighted by Gasteiger charge is -2.29. The van der Waals surface area contributed by atoms with Crippen molar-refractivity contribution in [3.05, 3.63) is 83.8 Å². The van der Waals surface area contributed by atoms with E-state index in [0.717, 1.165) is 23.3 Å². The molecule has 1 aliphatic rings. The van der Waals surface area contributed by atoms with Crippen LogP contribution in [0.3, 0.4) is 0 Å². The van der Waals surface area contributed by atoms with Crippen molar-refractivity contribution in [2.75, 3.05) is 36.5 Å². The second kappa shape index (κ2) is 10.0. The fraction of sp³-hybridized carbons (Fsp3) is 0.231. The second-order valence-corrected chi connectivity index (χ2v) is 8.61. The first kappa shape index (κ1) is 24.4. The van der Waals surface area contributed by atoms with Crippen molar-refractivity contribution in [3.63, 3.8) is 0 Å². The first-order valence-electron chi connectivity index (χ1n) is 11.6. The zero-order valence-corrected chi connectivity index (χ0v) is 19.9. The number of nitrogens with one attached hydrogen (secondary N) is 1. The van der Waals surface area contributed by atoms with Crippen molar-refractivity contribution in [2.45, 2.75) is 13.1 Å². The number of pyridine rings is 1. The van der Waals surface area contributed by atoms with Gasteiger partial charge < -0.3 is 15.0 Å². The lowest BCUT2D eigenvalue weighted by atomic mass is 10.1. The monoisotopic (exact) mass is 508 g/mol. The van der Waals surface area contributed by atoms with Gasteiger partial charge in [0, 0.05) is 48.0 Å². The molecule has 0 aliphatic carbocycles. The Kier molecular flexibility index (Phi) is 6.62. The Morgan fingerprint density at radius 2 is 1.89 bits per heavy atom. The summed E-state index contributed by atoms with van der Waals surface area (Å²) >= 11 is 0. The van der Waals surface area contributed by atoms with Crippen molar-refractivity contribution in [3.8, 4) is 16.9 Å². The first-order valence-corrected chi connectivity index (χ1v) is 11.6. The number of hydrogen-bond acceptors (Lipinski definition) is 6. The minimum Gasteiger partial charge on any atom is -0.378 e. The SMILES string of the molecule is Cc1ccc(C(=O)Nc2cc(N3CCOCC3)cc(C(F)(F)F)c2)cc1-n1cc(-c2cccnc2)nn1. The van der Waals surface area contributed by atoms with Crippen LogP contribution in [0.25, 0.3) is 16.9 Å². The van der Waals surface area contributed by atoms with Crippen molar-refractivity contribution in [2.24, 2.45) is 0 Å². The first-order chi connectivity index (χ1) is 17.8. The number of morpholine rings is 1. The third kappa shape index (κ3) is 5.46. The van der Waals surface area contributed by atoms with Crippen LogP contribution in [0.15, 0.2) is 67.1 Å². The number of aromatic nitrogens is 4. The van der Waals surface area contributed by atoms with Crippen molar-refractivity contribution < 1.29 is 22.7 Å². The summed E-state index contributed by atoms with van der Waals surface area (Å²) in [6, 6.07) is 12.2. The van der Waals surface area contributed by atoms with Crippen LogP contribution in [0.5, 0.6) is 0 Å². The number of hydrogen-bond donors (Lipinski definition) is 1. The van der Waals surface area contributed by atoms with E-state index in [1.165, 1.54) is 0 Å². The summed E-state index contributed by atoms with van der Waals surface area (Å²) < 4.78 is 47.7. The molecule has 1 fully saturated rings. The molecule has 0 bridgehead atoms. The number of aryl methyl sites for hydroxylation is 1. The highest BCUT2D eigenvalue weighted by molar-refractivity contribution is 6.05. The predicted molar refractivity (Wildman–Crippen MR) is 132 cm³/mol. The number of benzene rings is 2. The lowest BCUT2D eigenvalue weighted by molar-refractivity contribution is -0.137. The van der Waals surface area contributed by atoms with Gasteiger partial charge in [-0.1, -0.05) is 11.3 Å². The van der Waals surface area contributed by atoms with Gasteiger partial charge in [0.15, 0.2) is 0 Å². The standard InChI is InChI=1S/C26H23F3N6O2/c1-17-4-5-18(11-24(17)35-16-23(32-33-35)19-3-2-6-30-15-19)25(36)31-21-12-20(26(27,28)29)13-22(14-21)34-7-9-37-10-8-34/h2-6,11-16H,7-10H2,1H3,(H,31,36). The maximum absolute atomic E-state index is 13.6. The minimum absolute atomic E-state index is 0.0584. The molecule has 3 heterocycles. The van der Waals surface area contributed by atoms with Gasteiger partial charge in [0.25, 0.3) is 5.91 Å². The average Bonchev–Trinajstić information content (AvgIpc) is 3.39. The Hall–Kier alpha value is -4.25. The highest BCUT2D eigenvalue weighted by Crippen LogP contribution is 2.35. The summed E-state index contributed by atoms with van der Waals surface area (Å²) in [5, 5.41) is 11.0. The summed E-state index contributed by atoms with van der Waals surface area (Å²) in [5.41, 5.74) is 2.74. The number of amides is 1. The smallest absolute Gasteiger partial charge is 0.378 e. The zero-order chi connectivity index (χ0) is 26.0. The highest BCUT2D eigenvalue weighted by Gasteiger charge is 2.32. The van der Waals surface area contributed by atoms with Crippen LogP contribution in [0.2, 0.25) is 0 Å². The molecule has 0 radical (unpaired) electrons. The number of nitrogens with zero attached hydrogens (tertiary/aromatic N) is 5. The molecule has 1 amide bonds. The molecule has 0 unspecified atom stereocenters. The number of carbonyl (C=O) groups is 1. The van der Waals surface area contributed by atoms with E-state index in [0.29, 0.717) is 43.4 Å². The van der Waals surface area contributed by atoms with Crippen LogP contribution in [-0.4, -0.2) is 52.2 Å². The van der Waals surface area contributed by atoms with E-state index in [-0.39, 0.29) is 11.3 Å². The number of alkyl halides is 3. The van der Waals surface area contributed by atoms with E-state index in [1.54, 1.807) is 53.6 Å². The van der Waals surface area contributed by atoms with E-state index in [9.17, 15) is 18.0 Å². The fourth-order valence-electron chi connectivity index (χ4n) is 4.08. The van der Waals surface area contributed by atoms with Gasteiger partial charge in [-0.05, 0) is 55.0 Å². The Morgan fingerprint density at radius 1 is 1.08 bits per heavy atom. The van der Waals surface area contributed by atoms with Gasteiger partial charge in [-0.3, -0.25) is 9.78 Å². The largest absolute Gasteiger partial charge is 0.416 e. The van der Waals surface area contributed by atoms with Gasteiger partial charge >= 0.3 is 6.18 Å². The zero-order valence-electron chi connectivity index (χ0n) is 19.9. The Bertz CT molecular complexity index is 1420. The Morgan fingerprint density at radius 3 is 2.62 bits per heavy atom. The Balaban J connectivity index is 1.42. The topological polar surface area (TPSA) is 85.2 Å². The molecule has 37 heavy (non-hydrogen) atoms. The van der Waals surface area contributed by atoms with Crippen LogP contribution in [0.4, 0.5) is 24.5 Å². The summed E-state index contributed by atoms with van der Waals surface area (Å²) in [7, 11) is 0. The predicted octanol–water partition coefficient (Wildman–Crippen LogP) is 4.75. The van der Waals surface area contributed by atoms with E-state index >= 15 is 0 Å². The third-order valence-electron chi connectivity index (χ3n) is 6.05. The lowest BCUT2D eigenvalue weighted by Crippen LogP contribution is -2.36.